The number of amides is 1. The molecule has 1 fully saturated rings. The predicted molar refractivity (Wildman–Crippen MR) is 94.4 cm³/mol. The van der Waals surface area contributed by atoms with E-state index in [9.17, 15) is 4.79 Å². The Labute approximate surface area is 146 Å². The number of aryl methyl sites for hydroxylation is 2. The van der Waals surface area contributed by atoms with Crippen LogP contribution in [-0.2, 0) is 0 Å². The molecule has 1 aromatic heterocycles. The molecule has 3 rings (SSSR count). The molecule has 2 heterocycles. The molecule has 1 saturated heterocycles. The summed E-state index contributed by atoms with van der Waals surface area (Å²) in [5.41, 5.74) is 1.93. The predicted octanol–water partition coefficient (Wildman–Crippen LogP) is 3.41. The van der Waals surface area contributed by atoms with Crippen molar-refractivity contribution in [1.82, 2.24) is 9.88 Å². The number of methoxy groups -OCH3 is 2. The first-order valence-electron chi connectivity index (χ1n) is 7.98. The van der Waals surface area contributed by atoms with Crippen molar-refractivity contribution in [3.63, 3.8) is 0 Å². The molecular weight excluding hydrogens is 324 g/mol. The van der Waals surface area contributed by atoms with Gasteiger partial charge in [0.25, 0.3) is 5.91 Å². The quantitative estimate of drug-likeness (QED) is 0.851. The zero-order valence-corrected chi connectivity index (χ0v) is 15.3. The number of hydrogen-bond acceptors (Lipinski definition) is 5. The minimum atomic E-state index is 0.0856. The Morgan fingerprint density at radius 2 is 2.08 bits per heavy atom. The second kappa shape index (κ2) is 6.81. The van der Waals surface area contributed by atoms with Crippen LogP contribution in [0.1, 0.15) is 38.3 Å². The van der Waals surface area contributed by atoms with E-state index in [1.807, 2.05) is 36.9 Å². The van der Waals surface area contributed by atoms with Crippen LogP contribution >= 0.6 is 11.3 Å². The van der Waals surface area contributed by atoms with Crippen LogP contribution in [0, 0.1) is 13.8 Å². The van der Waals surface area contributed by atoms with Crippen molar-refractivity contribution in [3.8, 4) is 11.5 Å². The van der Waals surface area contributed by atoms with Gasteiger partial charge in [0, 0.05) is 24.6 Å². The van der Waals surface area contributed by atoms with E-state index >= 15 is 0 Å². The minimum absolute atomic E-state index is 0.0856. The van der Waals surface area contributed by atoms with E-state index in [0.29, 0.717) is 6.54 Å². The molecule has 2 aromatic rings. The van der Waals surface area contributed by atoms with E-state index in [-0.39, 0.29) is 11.8 Å². The van der Waals surface area contributed by atoms with Gasteiger partial charge in [-0.25, -0.2) is 4.98 Å². The van der Waals surface area contributed by atoms with Crippen molar-refractivity contribution >= 4 is 17.2 Å². The number of aromatic nitrogens is 1. The van der Waals surface area contributed by atoms with Crippen LogP contribution in [0.2, 0.25) is 0 Å². The highest BCUT2D eigenvalue weighted by Gasteiger charge is 2.31. The number of carbonyl (C=O) groups excluding carboxylic acids is 1. The van der Waals surface area contributed by atoms with Crippen molar-refractivity contribution in [1.29, 1.82) is 0 Å². The molecule has 0 radical (unpaired) electrons. The van der Waals surface area contributed by atoms with Crippen LogP contribution in [0.25, 0.3) is 0 Å². The molecule has 1 amide bonds. The first-order chi connectivity index (χ1) is 11.5. The Morgan fingerprint density at radius 1 is 1.29 bits per heavy atom. The highest BCUT2D eigenvalue weighted by Crippen LogP contribution is 2.36. The average Bonchev–Trinajstić information content (AvgIpc) is 3.20. The molecular formula is C18H22N2O3S. The average molecular weight is 346 g/mol. The SMILES string of the molecule is COc1ccc(OC)c(C2CCN(C(=O)c3sc(C)nc3C)C2)c1. The van der Waals surface area contributed by atoms with E-state index < -0.39 is 0 Å². The topological polar surface area (TPSA) is 51.7 Å². The van der Waals surface area contributed by atoms with Gasteiger partial charge in [0.05, 0.1) is 24.9 Å². The number of ether oxygens (including phenoxy) is 2. The smallest absolute Gasteiger partial charge is 0.265 e. The summed E-state index contributed by atoms with van der Waals surface area (Å²) in [5.74, 6) is 2.00. The third-order valence-corrected chi connectivity index (χ3v) is 5.51. The molecule has 1 aromatic carbocycles. The fraction of sp³-hybridized carbons (Fsp3) is 0.444. The third-order valence-electron chi connectivity index (χ3n) is 4.45. The summed E-state index contributed by atoms with van der Waals surface area (Å²) in [6, 6.07) is 5.83. The van der Waals surface area contributed by atoms with Gasteiger partial charge in [-0.05, 0) is 38.5 Å². The molecule has 0 aliphatic carbocycles. The first-order valence-corrected chi connectivity index (χ1v) is 8.80. The molecule has 1 aliphatic heterocycles. The van der Waals surface area contributed by atoms with Gasteiger partial charge < -0.3 is 14.4 Å². The van der Waals surface area contributed by atoms with Crippen molar-refractivity contribution in [2.45, 2.75) is 26.2 Å². The largest absolute Gasteiger partial charge is 0.497 e. The monoisotopic (exact) mass is 346 g/mol. The summed E-state index contributed by atoms with van der Waals surface area (Å²) < 4.78 is 10.8. The zero-order valence-electron chi connectivity index (χ0n) is 14.5. The number of benzene rings is 1. The van der Waals surface area contributed by atoms with E-state index in [1.54, 1.807) is 14.2 Å². The minimum Gasteiger partial charge on any atom is -0.497 e. The Morgan fingerprint density at radius 3 is 2.71 bits per heavy atom. The zero-order chi connectivity index (χ0) is 17.3. The van der Waals surface area contributed by atoms with Gasteiger partial charge in [-0.1, -0.05) is 0 Å². The highest BCUT2D eigenvalue weighted by atomic mass is 32.1. The number of thiazole rings is 1. The summed E-state index contributed by atoms with van der Waals surface area (Å²) in [7, 11) is 3.33. The molecule has 128 valence electrons. The summed E-state index contributed by atoms with van der Waals surface area (Å²) in [4.78, 5) is 19.8. The molecule has 6 heteroatoms. The summed E-state index contributed by atoms with van der Waals surface area (Å²) in [6.07, 6.45) is 0.923. The molecule has 0 spiro atoms. The lowest BCUT2D eigenvalue weighted by Crippen LogP contribution is -2.28. The van der Waals surface area contributed by atoms with Gasteiger partial charge >= 0.3 is 0 Å². The summed E-state index contributed by atoms with van der Waals surface area (Å²) in [6.45, 7) is 5.27. The number of likely N-dealkylation sites (tertiary alicyclic amines) is 1. The van der Waals surface area contributed by atoms with Gasteiger partial charge in [0.2, 0.25) is 0 Å². The molecule has 1 unspecified atom stereocenters. The maximum absolute atomic E-state index is 12.8. The summed E-state index contributed by atoms with van der Waals surface area (Å²) in [5, 5.41) is 0.932. The molecule has 1 aliphatic rings. The number of nitrogens with zero attached hydrogens (tertiary/aromatic N) is 2. The lowest BCUT2D eigenvalue weighted by Gasteiger charge is -2.18. The second-order valence-corrected chi connectivity index (χ2v) is 7.20. The molecule has 1 atom stereocenters. The van der Waals surface area contributed by atoms with E-state index in [0.717, 1.165) is 45.6 Å². The van der Waals surface area contributed by atoms with Crippen LogP contribution in [0.15, 0.2) is 18.2 Å². The maximum atomic E-state index is 12.8. The van der Waals surface area contributed by atoms with Crippen LogP contribution in [0.4, 0.5) is 0 Å². The van der Waals surface area contributed by atoms with E-state index in [1.165, 1.54) is 11.3 Å². The van der Waals surface area contributed by atoms with Crippen molar-refractivity contribution in [3.05, 3.63) is 39.3 Å². The number of carbonyl (C=O) groups is 1. The molecule has 24 heavy (non-hydrogen) atoms. The number of hydrogen-bond donors (Lipinski definition) is 0. The van der Waals surface area contributed by atoms with Gasteiger partial charge in [0.15, 0.2) is 0 Å². The van der Waals surface area contributed by atoms with Crippen molar-refractivity contribution < 1.29 is 14.3 Å². The van der Waals surface area contributed by atoms with E-state index in [2.05, 4.69) is 4.98 Å². The Hall–Kier alpha value is -2.08. The Kier molecular flexibility index (Phi) is 4.76. The van der Waals surface area contributed by atoms with E-state index in [4.69, 9.17) is 9.47 Å². The molecule has 0 saturated carbocycles. The fourth-order valence-electron chi connectivity index (χ4n) is 3.23. The second-order valence-electron chi connectivity index (χ2n) is 5.99. The Balaban J connectivity index is 1.80. The maximum Gasteiger partial charge on any atom is 0.265 e. The van der Waals surface area contributed by atoms with Gasteiger partial charge in [-0.3, -0.25) is 4.79 Å². The third kappa shape index (κ3) is 3.11. The molecule has 5 nitrogen and oxygen atoms in total. The van der Waals surface area contributed by atoms with Crippen LogP contribution in [0.3, 0.4) is 0 Å². The van der Waals surface area contributed by atoms with Gasteiger partial charge in [0.1, 0.15) is 16.4 Å². The Bertz CT molecular complexity index is 757. The molecule has 0 bridgehead atoms. The number of rotatable bonds is 4. The lowest BCUT2D eigenvalue weighted by atomic mass is 9.97. The standard InChI is InChI=1S/C18H22N2O3S/c1-11-17(24-12(2)19-11)18(21)20-8-7-13(10-20)15-9-14(22-3)5-6-16(15)23-4/h5-6,9,13H,7-8,10H2,1-4H3. The summed E-state index contributed by atoms with van der Waals surface area (Å²) >= 11 is 1.47. The lowest BCUT2D eigenvalue weighted by molar-refractivity contribution is 0.0794. The van der Waals surface area contributed by atoms with Gasteiger partial charge in [-0.2, -0.15) is 0 Å². The van der Waals surface area contributed by atoms with Crippen molar-refractivity contribution in [2.24, 2.45) is 0 Å². The first kappa shape index (κ1) is 16.8. The van der Waals surface area contributed by atoms with Gasteiger partial charge in [-0.15, -0.1) is 11.3 Å². The van der Waals surface area contributed by atoms with Crippen molar-refractivity contribution in [2.75, 3.05) is 27.3 Å². The highest BCUT2D eigenvalue weighted by molar-refractivity contribution is 7.13. The fourth-order valence-corrected chi connectivity index (χ4v) is 4.12. The van der Waals surface area contributed by atoms with Crippen LogP contribution < -0.4 is 9.47 Å². The molecule has 0 N–H and O–H groups in total. The van der Waals surface area contributed by atoms with Crippen LogP contribution in [0.5, 0.6) is 11.5 Å². The van der Waals surface area contributed by atoms with Crippen LogP contribution in [-0.4, -0.2) is 43.1 Å². The normalized spacial score (nSPS) is 17.2.